The lowest BCUT2D eigenvalue weighted by Gasteiger charge is -2.28. The van der Waals surface area contributed by atoms with Crippen molar-refractivity contribution in [3.63, 3.8) is 0 Å². The molecule has 0 spiro atoms. The van der Waals surface area contributed by atoms with Crippen LogP contribution in [0.3, 0.4) is 0 Å². The summed E-state index contributed by atoms with van der Waals surface area (Å²) in [5.74, 6) is 0. The Hall–Kier alpha value is -0.0900. The zero-order valence-electron chi connectivity index (χ0n) is 8.50. The van der Waals surface area contributed by atoms with Crippen LogP contribution in [0.4, 0.5) is 0 Å². The zero-order valence-corrected chi connectivity index (χ0v) is 9.32. The summed E-state index contributed by atoms with van der Waals surface area (Å²) in [5.41, 5.74) is 0. The van der Waals surface area contributed by atoms with E-state index < -0.39 is 19.3 Å². The predicted octanol–water partition coefficient (Wildman–Crippen LogP) is 1.11. The third-order valence-corrected chi connectivity index (χ3v) is 6.67. The van der Waals surface area contributed by atoms with Gasteiger partial charge in [0.05, 0.1) is 16.1 Å². The molecule has 1 fully saturated rings. The van der Waals surface area contributed by atoms with E-state index in [1.165, 1.54) is 0 Å². The molecule has 0 saturated heterocycles. The lowest BCUT2D eigenvalue weighted by atomic mass is 10.1. The summed E-state index contributed by atoms with van der Waals surface area (Å²) in [6.45, 7) is 5.11. The molecule has 0 aliphatic heterocycles. The van der Waals surface area contributed by atoms with Gasteiger partial charge in [-0.25, -0.2) is 8.42 Å². The van der Waals surface area contributed by atoms with Gasteiger partial charge < -0.3 is 5.11 Å². The lowest BCUT2D eigenvalue weighted by molar-refractivity contribution is 0.281. The summed E-state index contributed by atoms with van der Waals surface area (Å²) in [4.78, 5) is 0. The minimum atomic E-state index is -3.18. The highest BCUT2D eigenvalue weighted by molar-refractivity contribution is 7.94. The molecule has 1 aliphatic rings. The van der Waals surface area contributed by atoms with Crippen LogP contribution >= 0.6 is 0 Å². The van der Waals surface area contributed by atoms with Gasteiger partial charge in [-0.05, 0) is 33.1 Å². The molecule has 0 atom stereocenters. The average Bonchev–Trinajstić information content (AvgIpc) is 2.84. The van der Waals surface area contributed by atoms with Crippen LogP contribution in [-0.2, 0) is 9.84 Å². The van der Waals surface area contributed by atoms with Gasteiger partial charge in [-0.3, -0.25) is 0 Å². The van der Waals surface area contributed by atoms with Crippen molar-refractivity contribution < 1.29 is 13.5 Å². The SMILES string of the molecule is CCC(C)(C)S(=O)(=O)C1(CO)CC1. The van der Waals surface area contributed by atoms with Crippen molar-refractivity contribution in [2.45, 2.75) is 49.5 Å². The van der Waals surface area contributed by atoms with Crippen molar-refractivity contribution in [2.24, 2.45) is 0 Å². The maximum absolute atomic E-state index is 12.0. The molecule has 0 bridgehead atoms. The summed E-state index contributed by atoms with van der Waals surface area (Å²) < 4.78 is 22.6. The van der Waals surface area contributed by atoms with Crippen molar-refractivity contribution in [3.8, 4) is 0 Å². The fourth-order valence-corrected chi connectivity index (χ4v) is 3.79. The summed E-state index contributed by atoms with van der Waals surface area (Å²) in [6.07, 6.45) is 1.83. The fraction of sp³-hybridized carbons (Fsp3) is 1.00. The van der Waals surface area contributed by atoms with Crippen LogP contribution in [-0.4, -0.2) is 29.6 Å². The minimum absolute atomic E-state index is 0.223. The number of sulfone groups is 1. The number of hydrogen-bond acceptors (Lipinski definition) is 3. The van der Waals surface area contributed by atoms with E-state index in [-0.39, 0.29) is 6.61 Å². The van der Waals surface area contributed by atoms with Gasteiger partial charge in [-0.1, -0.05) is 6.92 Å². The number of hydrogen-bond donors (Lipinski definition) is 1. The average molecular weight is 206 g/mol. The largest absolute Gasteiger partial charge is 0.395 e. The van der Waals surface area contributed by atoms with Crippen molar-refractivity contribution in [1.82, 2.24) is 0 Å². The van der Waals surface area contributed by atoms with Crippen molar-refractivity contribution >= 4 is 9.84 Å². The van der Waals surface area contributed by atoms with Gasteiger partial charge in [0.1, 0.15) is 0 Å². The Morgan fingerprint density at radius 3 is 2.08 bits per heavy atom. The highest BCUT2D eigenvalue weighted by Gasteiger charge is 2.58. The number of aliphatic hydroxyl groups is 1. The number of aliphatic hydroxyl groups excluding tert-OH is 1. The molecule has 0 aromatic carbocycles. The molecule has 4 heteroatoms. The van der Waals surface area contributed by atoms with Gasteiger partial charge in [-0.2, -0.15) is 0 Å². The molecule has 0 heterocycles. The van der Waals surface area contributed by atoms with Crippen LogP contribution in [0.5, 0.6) is 0 Å². The van der Waals surface area contributed by atoms with Crippen LogP contribution in [0, 0.1) is 0 Å². The Morgan fingerprint density at radius 1 is 1.38 bits per heavy atom. The molecule has 1 rings (SSSR count). The molecule has 3 nitrogen and oxygen atoms in total. The standard InChI is InChI=1S/C9H18O3S/c1-4-8(2,3)13(11,12)9(7-10)5-6-9/h10H,4-7H2,1-3H3. The summed E-state index contributed by atoms with van der Waals surface area (Å²) in [7, 11) is -3.18. The van der Waals surface area contributed by atoms with Crippen molar-refractivity contribution in [3.05, 3.63) is 0 Å². The van der Waals surface area contributed by atoms with Gasteiger partial charge in [-0.15, -0.1) is 0 Å². The molecule has 1 N–H and O–H groups in total. The molecule has 0 aromatic rings. The quantitative estimate of drug-likeness (QED) is 0.749. The van der Waals surface area contributed by atoms with Gasteiger partial charge in [0.25, 0.3) is 0 Å². The second-order valence-corrected chi connectivity index (χ2v) is 7.44. The fourth-order valence-electron chi connectivity index (χ4n) is 1.43. The van der Waals surface area contributed by atoms with Gasteiger partial charge in [0, 0.05) is 0 Å². The summed E-state index contributed by atoms with van der Waals surface area (Å²) in [5, 5.41) is 9.07. The zero-order chi connectivity index (χ0) is 10.3. The molecule has 0 aromatic heterocycles. The topological polar surface area (TPSA) is 54.4 Å². The molecular weight excluding hydrogens is 188 g/mol. The molecule has 0 radical (unpaired) electrons. The molecule has 0 unspecified atom stereocenters. The lowest BCUT2D eigenvalue weighted by Crippen LogP contribution is -2.42. The minimum Gasteiger partial charge on any atom is -0.395 e. The first kappa shape index (κ1) is 11.0. The van der Waals surface area contributed by atoms with E-state index in [4.69, 9.17) is 5.11 Å². The Labute approximate surface area is 80.1 Å². The first-order valence-corrected chi connectivity index (χ1v) is 6.16. The Balaban J connectivity index is 3.03. The van der Waals surface area contributed by atoms with E-state index in [0.29, 0.717) is 19.3 Å². The van der Waals surface area contributed by atoms with Gasteiger partial charge >= 0.3 is 0 Å². The highest BCUT2D eigenvalue weighted by atomic mass is 32.2. The van der Waals surface area contributed by atoms with Gasteiger partial charge in [0.15, 0.2) is 9.84 Å². The molecule has 1 aliphatic carbocycles. The van der Waals surface area contributed by atoms with Crippen molar-refractivity contribution in [1.29, 1.82) is 0 Å². The van der Waals surface area contributed by atoms with E-state index in [9.17, 15) is 8.42 Å². The van der Waals surface area contributed by atoms with Gasteiger partial charge in [0.2, 0.25) is 0 Å². The predicted molar refractivity (Wildman–Crippen MR) is 52.3 cm³/mol. The molecule has 78 valence electrons. The van der Waals surface area contributed by atoms with Crippen LogP contribution in [0.1, 0.15) is 40.0 Å². The molecular formula is C9H18O3S. The Kier molecular flexibility index (Phi) is 2.50. The van der Waals surface area contributed by atoms with Crippen LogP contribution in [0.15, 0.2) is 0 Å². The van der Waals surface area contributed by atoms with E-state index in [1.807, 2.05) is 6.92 Å². The third kappa shape index (κ3) is 1.40. The second kappa shape index (κ2) is 2.95. The number of rotatable bonds is 4. The van der Waals surface area contributed by atoms with E-state index in [1.54, 1.807) is 13.8 Å². The smallest absolute Gasteiger partial charge is 0.163 e. The normalized spacial score (nSPS) is 21.5. The Morgan fingerprint density at radius 2 is 1.85 bits per heavy atom. The monoisotopic (exact) mass is 206 g/mol. The second-order valence-electron chi connectivity index (χ2n) is 4.46. The maximum atomic E-state index is 12.0. The van der Waals surface area contributed by atoms with E-state index in [2.05, 4.69) is 0 Å². The van der Waals surface area contributed by atoms with E-state index in [0.717, 1.165) is 0 Å². The van der Waals surface area contributed by atoms with Crippen LogP contribution < -0.4 is 0 Å². The summed E-state index contributed by atoms with van der Waals surface area (Å²) in [6, 6.07) is 0. The first-order chi connectivity index (χ1) is 5.83. The highest BCUT2D eigenvalue weighted by Crippen LogP contribution is 2.48. The van der Waals surface area contributed by atoms with Crippen LogP contribution in [0.25, 0.3) is 0 Å². The van der Waals surface area contributed by atoms with Crippen molar-refractivity contribution in [2.75, 3.05) is 6.61 Å². The maximum Gasteiger partial charge on any atom is 0.163 e. The Bertz CT molecular complexity index is 274. The summed E-state index contributed by atoms with van der Waals surface area (Å²) >= 11 is 0. The third-order valence-electron chi connectivity index (χ3n) is 3.24. The first-order valence-electron chi connectivity index (χ1n) is 4.68. The molecule has 13 heavy (non-hydrogen) atoms. The van der Waals surface area contributed by atoms with Crippen LogP contribution in [0.2, 0.25) is 0 Å². The van der Waals surface area contributed by atoms with E-state index >= 15 is 0 Å². The molecule has 0 amide bonds. The molecule has 1 saturated carbocycles.